The molecule has 2 aromatic carbocycles. The maximum Gasteiger partial charge on any atom is 0.229 e. The summed E-state index contributed by atoms with van der Waals surface area (Å²) in [5, 5.41) is 0. The van der Waals surface area contributed by atoms with Crippen molar-refractivity contribution in [1.29, 1.82) is 0 Å². The third kappa shape index (κ3) is 3.77. The second-order valence-corrected chi connectivity index (χ2v) is 3.72. The number of carbonyl (C=O) groups is 1. The first-order chi connectivity index (χ1) is 8.84. The van der Waals surface area contributed by atoms with Gasteiger partial charge >= 0.3 is 0 Å². The smallest absolute Gasteiger partial charge is 0.229 e. The van der Waals surface area contributed by atoms with Crippen LogP contribution in [-0.4, -0.2) is 5.78 Å². The number of carbonyl (C=O) groups excluding carboxylic acids is 1. The van der Waals surface area contributed by atoms with E-state index in [0.29, 0.717) is 0 Å². The minimum absolute atomic E-state index is 0.192. The Bertz CT molecular complexity index is 598. The largest absolute Gasteiger partial charge is 0.280 e. The van der Waals surface area contributed by atoms with E-state index >= 15 is 0 Å². The minimum Gasteiger partial charge on any atom is -0.280 e. The number of ketones is 1. The van der Waals surface area contributed by atoms with Gasteiger partial charge in [-0.25, -0.2) is 0 Å². The Morgan fingerprint density at radius 3 is 2.17 bits per heavy atom. The molecule has 0 aliphatic carbocycles. The van der Waals surface area contributed by atoms with Crippen LogP contribution in [0.1, 0.15) is 11.1 Å². The summed E-state index contributed by atoms with van der Waals surface area (Å²) < 4.78 is 0. The zero-order valence-corrected chi connectivity index (χ0v) is 9.84. The second kappa shape index (κ2) is 6.22. The van der Waals surface area contributed by atoms with Crippen molar-refractivity contribution in [3.63, 3.8) is 0 Å². The Balaban J connectivity index is 2.02. The van der Waals surface area contributed by atoms with Crippen molar-refractivity contribution in [2.24, 2.45) is 0 Å². The van der Waals surface area contributed by atoms with E-state index in [0.717, 1.165) is 11.1 Å². The van der Waals surface area contributed by atoms with E-state index in [1.165, 1.54) is 6.08 Å². The highest BCUT2D eigenvalue weighted by atomic mass is 16.1. The minimum atomic E-state index is -0.192. The van der Waals surface area contributed by atoms with Crippen LogP contribution in [0.15, 0.2) is 66.7 Å². The fourth-order valence-corrected chi connectivity index (χ4v) is 1.43. The van der Waals surface area contributed by atoms with Crippen LogP contribution in [0, 0.1) is 11.8 Å². The fourth-order valence-electron chi connectivity index (χ4n) is 1.43. The zero-order valence-electron chi connectivity index (χ0n) is 9.84. The molecule has 0 heterocycles. The van der Waals surface area contributed by atoms with E-state index in [1.54, 1.807) is 6.08 Å². The maximum atomic E-state index is 11.5. The number of hydrogen-bond acceptors (Lipinski definition) is 1. The second-order valence-electron chi connectivity index (χ2n) is 3.72. The quantitative estimate of drug-likeness (QED) is 0.573. The summed E-state index contributed by atoms with van der Waals surface area (Å²) in [6.45, 7) is 0. The standard InChI is InChI=1S/C17H12O/c18-17(13-11-15-7-3-1-4-8-15)14-12-16-9-5-2-6-10-16/h1-11,13H. The Kier molecular flexibility index (Phi) is 4.11. The molecule has 0 amide bonds. The molecular formula is C17H12O. The van der Waals surface area contributed by atoms with Gasteiger partial charge in [-0.05, 0) is 29.7 Å². The molecule has 0 aromatic heterocycles. The monoisotopic (exact) mass is 232 g/mol. The van der Waals surface area contributed by atoms with Crippen LogP contribution in [0.5, 0.6) is 0 Å². The highest BCUT2D eigenvalue weighted by Gasteiger charge is 1.89. The van der Waals surface area contributed by atoms with Gasteiger partial charge in [0.2, 0.25) is 5.78 Å². The average molecular weight is 232 g/mol. The molecule has 0 unspecified atom stereocenters. The van der Waals surface area contributed by atoms with Crippen molar-refractivity contribution in [2.45, 2.75) is 0 Å². The first-order valence-corrected chi connectivity index (χ1v) is 5.69. The van der Waals surface area contributed by atoms with Crippen molar-refractivity contribution in [3.05, 3.63) is 77.9 Å². The lowest BCUT2D eigenvalue weighted by Gasteiger charge is -1.89. The van der Waals surface area contributed by atoms with Crippen molar-refractivity contribution in [3.8, 4) is 11.8 Å². The average Bonchev–Trinajstić information content (AvgIpc) is 2.45. The van der Waals surface area contributed by atoms with Crippen LogP contribution in [0.2, 0.25) is 0 Å². The molecule has 0 bridgehead atoms. The van der Waals surface area contributed by atoms with E-state index in [2.05, 4.69) is 11.8 Å². The number of hydrogen-bond donors (Lipinski definition) is 0. The van der Waals surface area contributed by atoms with Gasteiger partial charge in [0.25, 0.3) is 0 Å². The van der Waals surface area contributed by atoms with Crippen molar-refractivity contribution in [1.82, 2.24) is 0 Å². The first kappa shape index (κ1) is 11.9. The molecule has 0 atom stereocenters. The molecule has 0 N–H and O–H groups in total. The molecule has 0 aliphatic heterocycles. The van der Waals surface area contributed by atoms with Gasteiger partial charge in [-0.2, -0.15) is 0 Å². The van der Waals surface area contributed by atoms with Gasteiger partial charge in [-0.15, -0.1) is 0 Å². The van der Waals surface area contributed by atoms with Gasteiger partial charge in [0.15, 0.2) is 0 Å². The van der Waals surface area contributed by atoms with Gasteiger partial charge in [-0.3, -0.25) is 4.79 Å². The zero-order chi connectivity index (χ0) is 12.6. The van der Waals surface area contributed by atoms with Crippen molar-refractivity contribution < 1.29 is 4.79 Å². The maximum absolute atomic E-state index is 11.5. The van der Waals surface area contributed by atoms with Crippen LogP contribution in [0.25, 0.3) is 6.08 Å². The summed E-state index contributed by atoms with van der Waals surface area (Å²) >= 11 is 0. The van der Waals surface area contributed by atoms with Crippen LogP contribution in [-0.2, 0) is 4.79 Å². The third-order valence-electron chi connectivity index (χ3n) is 2.33. The van der Waals surface area contributed by atoms with Gasteiger partial charge in [0, 0.05) is 5.56 Å². The summed E-state index contributed by atoms with van der Waals surface area (Å²) in [5.74, 6) is 5.23. The topological polar surface area (TPSA) is 17.1 Å². The van der Waals surface area contributed by atoms with Crippen LogP contribution in [0.4, 0.5) is 0 Å². The molecule has 86 valence electrons. The normalized spacial score (nSPS) is 9.78. The van der Waals surface area contributed by atoms with E-state index in [4.69, 9.17) is 0 Å². The van der Waals surface area contributed by atoms with Gasteiger partial charge in [-0.1, -0.05) is 60.5 Å². The molecule has 2 aromatic rings. The highest BCUT2D eigenvalue weighted by molar-refractivity contribution is 6.06. The Hall–Kier alpha value is -2.59. The van der Waals surface area contributed by atoms with Crippen molar-refractivity contribution >= 4 is 11.9 Å². The summed E-state index contributed by atoms with van der Waals surface area (Å²) in [6.07, 6.45) is 3.26. The Morgan fingerprint density at radius 1 is 0.889 bits per heavy atom. The first-order valence-electron chi connectivity index (χ1n) is 5.69. The molecule has 1 nitrogen and oxygen atoms in total. The van der Waals surface area contributed by atoms with Crippen LogP contribution in [0.3, 0.4) is 0 Å². The van der Waals surface area contributed by atoms with E-state index in [9.17, 15) is 4.79 Å². The summed E-state index contributed by atoms with van der Waals surface area (Å²) in [4.78, 5) is 11.5. The summed E-state index contributed by atoms with van der Waals surface area (Å²) in [6, 6.07) is 19.1. The van der Waals surface area contributed by atoms with E-state index in [-0.39, 0.29) is 5.78 Å². The predicted octanol–water partition coefficient (Wildman–Crippen LogP) is 3.32. The lowest BCUT2D eigenvalue weighted by atomic mass is 10.2. The molecule has 18 heavy (non-hydrogen) atoms. The molecule has 0 radical (unpaired) electrons. The van der Waals surface area contributed by atoms with Crippen molar-refractivity contribution in [2.75, 3.05) is 0 Å². The lowest BCUT2D eigenvalue weighted by Crippen LogP contribution is -1.86. The number of rotatable bonds is 2. The van der Waals surface area contributed by atoms with Gasteiger partial charge in [0.1, 0.15) is 0 Å². The number of allylic oxidation sites excluding steroid dienone is 1. The van der Waals surface area contributed by atoms with Gasteiger partial charge < -0.3 is 0 Å². The summed E-state index contributed by atoms with van der Waals surface area (Å²) in [5.41, 5.74) is 1.84. The molecule has 0 saturated heterocycles. The number of benzene rings is 2. The SMILES string of the molecule is O=C(C#Cc1ccccc1)C=Cc1ccccc1. The molecule has 1 heteroatoms. The Morgan fingerprint density at radius 2 is 1.50 bits per heavy atom. The molecule has 0 fully saturated rings. The molecule has 0 spiro atoms. The molecule has 0 aliphatic rings. The molecule has 2 rings (SSSR count). The predicted molar refractivity (Wildman–Crippen MR) is 73.8 cm³/mol. The summed E-state index contributed by atoms with van der Waals surface area (Å²) in [7, 11) is 0. The lowest BCUT2D eigenvalue weighted by molar-refractivity contribution is -0.109. The third-order valence-corrected chi connectivity index (χ3v) is 2.33. The Labute approximate surface area is 107 Å². The molecule has 0 saturated carbocycles. The van der Waals surface area contributed by atoms with Crippen LogP contribution >= 0.6 is 0 Å². The van der Waals surface area contributed by atoms with Crippen LogP contribution < -0.4 is 0 Å². The molecular weight excluding hydrogens is 220 g/mol. The van der Waals surface area contributed by atoms with E-state index < -0.39 is 0 Å². The van der Waals surface area contributed by atoms with Gasteiger partial charge in [0.05, 0.1) is 0 Å². The fraction of sp³-hybridized carbons (Fsp3) is 0. The van der Waals surface area contributed by atoms with E-state index in [1.807, 2.05) is 60.7 Å². The highest BCUT2D eigenvalue weighted by Crippen LogP contribution is 2.00.